The van der Waals surface area contributed by atoms with Crippen molar-refractivity contribution in [3.8, 4) is 5.69 Å². The number of benzene rings is 1. The van der Waals surface area contributed by atoms with E-state index in [0.29, 0.717) is 11.3 Å². The van der Waals surface area contributed by atoms with Crippen LogP contribution in [0, 0.1) is 20.8 Å². The van der Waals surface area contributed by atoms with Gasteiger partial charge in [0.2, 0.25) is 0 Å². The molecule has 2 aromatic rings. The molecular formula is C14H14ClF3N2. The van der Waals surface area contributed by atoms with Crippen molar-refractivity contribution >= 4 is 11.6 Å². The molecule has 0 aliphatic rings. The summed E-state index contributed by atoms with van der Waals surface area (Å²) in [6, 6.07) is 4.08. The SMILES string of the molecule is Cc1nn(-c2ccc(CCl)cc2C(F)(F)F)c(C)c1C. The largest absolute Gasteiger partial charge is 0.418 e. The minimum absolute atomic E-state index is 0.0278. The fourth-order valence-corrected chi connectivity index (χ4v) is 2.20. The lowest BCUT2D eigenvalue weighted by atomic mass is 10.1. The molecule has 1 aromatic carbocycles. The van der Waals surface area contributed by atoms with Gasteiger partial charge in [-0.1, -0.05) is 6.07 Å². The summed E-state index contributed by atoms with van der Waals surface area (Å²) >= 11 is 5.62. The first-order chi connectivity index (χ1) is 9.25. The first kappa shape index (κ1) is 14.9. The molecule has 0 spiro atoms. The zero-order valence-electron chi connectivity index (χ0n) is 11.3. The van der Waals surface area contributed by atoms with Crippen LogP contribution < -0.4 is 0 Å². The molecule has 0 saturated heterocycles. The molecule has 0 radical (unpaired) electrons. The summed E-state index contributed by atoms with van der Waals surface area (Å²) in [6.07, 6.45) is -4.45. The second-order valence-electron chi connectivity index (χ2n) is 4.69. The van der Waals surface area contributed by atoms with Gasteiger partial charge in [-0.25, -0.2) is 4.68 Å². The summed E-state index contributed by atoms with van der Waals surface area (Å²) in [5.74, 6) is 0.0412. The summed E-state index contributed by atoms with van der Waals surface area (Å²) in [6.45, 7) is 5.37. The summed E-state index contributed by atoms with van der Waals surface area (Å²) < 4.78 is 41.0. The van der Waals surface area contributed by atoms with E-state index in [1.54, 1.807) is 19.9 Å². The van der Waals surface area contributed by atoms with Crippen LogP contribution in [0.15, 0.2) is 18.2 Å². The van der Waals surface area contributed by atoms with Crippen LogP contribution in [0.5, 0.6) is 0 Å². The van der Waals surface area contributed by atoms with Gasteiger partial charge in [-0.2, -0.15) is 18.3 Å². The average molecular weight is 303 g/mol. The van der Waals surface area contributed by atoms with E-state index in [1.807, 2.05) is 6.92 Å². The van der Waals surface area contributed by atoms with Crippen LogP contribution in [0.25, 0.3) is 5.69 Å². The predicted octanol–water partition coefficient (Wildman–Crippen LogP) is 4.56. The van der Waals surface area contributed by atoms with E-state index in [1.165, 1.54) is 10.7 Å². The van der Waals surface area contributed by atoms with Gasteiger partial charge in [-0.15, -0.1) is 11.6 Å². The lowest BCUT2D eigenvalue weighted by Gasteiger charge is -2.15. The number of aromatic nitrogens is 2. The van der Waals surface area contributed by atoms with E-state index in [0.717, 1.165) is 17.3 Å². The molecule has 2 rings (SSSR count). The topological polar surface area (TPSA) is 17.8 Å². The third-order valence-corrected chi connectivity index (χ3v) is 3.71. The second-order valence-corrected chi connectivity index (χ2v) is 4.96. The molecule has 108 valence electrons. The van der Waals surface area contributed by atoms with Crippen molar-refractivity contribution in [2.75, 3.05) is 0 Å². The van der Waals surface area contributed by atoms with E-state index in [9.17, 15) is 13.2 Å². The number of aryl methyl sites for hydroxylation is 1. The van der Waals surface area contributed by atoms with Gasteiger partial charge >= 0.3 is 6.18 Å². The lowest BCUT2D eigenvalue weighted by Crippen LogP contribution is -2.13. The van der Waals surface area contributed by atoms with Gasteiger partial charge in [0.15, 0.2) is 0 Å². The number of rotatable bonds is 2. The number of alkyl halides is 4. The Morgan fingerprint density at radius 2 is 1.85 bits per heavy atom. The standard InChI is InChI=1S/C14H14ClF3N2/c1-8-9(2)19-20(10(8)3)13-5-4-11(7-15)6-12(13)14(16,17)18/h4-6H,7H2,1-3H3. The van der Waals surface area contributed by atoms with Crippen molar-refractivity contribution in [2.24, 2.45) is 0 Å². The molecule has 6 heteroatoms. The fraction of sp³-hybridized carbons (Fsp3) is 0.357. The Bertz CT molecular complexity index is 645. The smallest absolute Gasteiger partial charge is 0.237 e. The first-order valence-corrected chi connectivity index (χ1v) is 6.58. The molecule has 0 amide bonds. The Morgan fingerprint density at radius 3 is 2.30 bits per heavy atom. The van der Waals surface area contributed by atoms with Crippen LogP contribution in [0.1, 0.15) is 28.1 Å². The van der Waals surface area contributed by atoms with E-state index >= 15 is 0 Å². The van der Waals surface area contributed by atoms with Gasteiger partial charge in [0.25, 0.3) is 0 Å². The lowest BCUT2D eigenvalue weighted by molar-refractivity contribution is -0.137. The molecule has 0 aliphatic heterocycles. The summed E-state index contributed by atoms with van der Waals surface area (Å²) in [5.41, 5.74) is 2.05. The monoisotopic (exact) mass is 302 g/mol. The fourth-order valence-electron chi connectivity index (χ4n) is 2.03. The maximum absolute atomic E-state index is 13.2. The molecule has 0 unspecified atom stereocenters. The number of hydrogen-bond donors (Lipinski definition) is 0. The van der Waals surface area contributed by atoms with Gasteiger partial charge in [0.1, 0.15) is 0 Å². The Hall–Kier alpha value is -1.49. The highest BCUT2D eigenvalue weighted by atomic mass is 35.5. The molecule has 0 aliphatic carbocycles. The van der Waals surface area contributed by atoms with Crippen molar-refractivity contribution in [1.82, 2.24) is 9.78 Å². The Balaban J connectivity index is 2.70. The van der Waals surface area contributed by atoms with E-state index in [-0.39, 0.29) is 11.6 Å². The number of halogens is 4. The molecule has 0 N–H and O–H groups in total. The van der Waals surface area contributed by atoms with Crippen molar-refractivity contribution in [2.45, 2.75) is 32.8 Å². The molecule has 0 fully saturated rings. The van der Waals surface area contributed by atoms with E-state index in [4.69, 9.17) is 11.6 Å². The van der Waals surface area contributed by atoms with Crippen LogP contribution in [-0.2, 0) is 12.1 Å². The first-order valence-electron chi connectivity index (χ1n) is 6.05. The van der Waals surface area contributed by atoms with Gasteiger partial charge in [-0.05, 0) is 44.0 Å². The average Bonchev–Trinajstić information content (AvgIpc) is 2.65. The van der Waals surface area contributed by atoms with E-state index in [2.05, 4.69) is 5.10 Å². The molecule has 0 saturated carbocycles. The molecule has 20 heavy (non-hydrogen) atoms. The summed E-state index contributed by atoms with van der Waals surface area (Å²) in [5, 5.41) is 4.19. The molecular weight excluding hydrogens is 289 g/mol. The summed E-state index contributed by atoms with van der Waals surface area (Å²) in [4.78, 5) is 0. The highest BCUT2D eigenvalue weighted by Crippen LogP contribution is 2.35. The van der Waals surface area contributed by atoms with Crippen molar-refractivity contribution in [3.63, 3.8) is 0 Å². The number of hydrogen-bond acceptors (Lipinski definition) is 1. The van der Waals surface area contributed by atoms with Crippen molar-refractivity contribution in [1.29, 1.82) is 0 Å². The van der Waals surface area contributed by atoms with Crippen LogP contribution >= 0.6 is 11.6 Å². The van der Waals surface area contributed by atoms with Crippen LogP contribution in [0.2, 0.25) is 0 Å². The minimum Gasteiger partial charge on any atom is -0.237 e. The van der Waals surface area contributed by atoms with Crippen molar-refractivity contribution < 1.29 is 13.2 Å². The summed E-state index contributed by atoms with van der Waals surface area (Å²) in [7, 11) is 0. The minimum atomic E-state index is -4.45. The highest BCUT2D eigenvalue weighted by molar-refractivity contribution is 6.17. The van der Waals surface area contributed by atoms with Gasteiger partial charge in [0.05, 0.1) is 16.9 Å². The predicted molar refractivity (Wildman–Crippen MR) is 72.3 cm³/mol. The quantitative estimate of drug-likeness (QED) is 0.744. The Kier molecular flexibility index (Phi) is 3.82. The third-order valence-electron chi connectivity index (χ3n) is 3.40. The molecule has 0 bridgehead atoms. The van der Waals surface area contributed by atoms with E-state index < -0.39 is 11.7 Å². The zero-order valence-corrected chi connectivity index (χ0v) is 12.1. The Morgan fingerprint density at radius 1 is 1.20 bits per heavy atom. The third kappa shape index (κ3) is 2.54. The highest BCUT2D eigenvalue weighted by Gasteiger charge is 2.35. The van der Waals surface area contributed by atoms with Gasteiger partial charge < -0.3 is 0 Å². The van der Waals surface area contributed by atoms with Crippen LogP contribution in [0.3, 0.4) is 0 Å². The molecule has 2 nitrogen and oxygen atoms in total. The van der Waals surface area contributed by atoms with Crippen LogP contribution in [0.4, 0.5) is 13.2 Å². The molecule has 1 heterocycles. The normalized spacial score (nSPS) is 11.9. The van der Waals surface area contributed by atoms with Gasteiger partial charge in [-0.3, -0.25) is 0 Å². The van der Waals surface area contributed by atoms with Crippen molar-refractivity contribution in [3.05, 3.63) is 46.3 Å². The van der Waals surface area contributed by atoms with Crippen LogP contribution in [-0.4, -0.2) is 9.78 Å². The number of nitrogens with zero attached hydrogens (tertiary/aromatic N) is 2. The second kappa shape index (κ2) is 5.13. The zero-order chi connectivity index (χ0) is 15.1. The van der Waals surface area contributed by atoms with Gasteiger partial charge in [0, 0.05) is 11.6 Å². The Labute approximate surface area is 120 Å². The molecule has 1 aromatic heterocycles. The molecule has 0 atom stereocenters. The maximum Gasteiger partial charge on any atom is 0.418 e. The maximum atomic E-state index is 13.2.